The third-order valence-corrected chi connectivity index (χ3v) is 2.49. The second-order valence-corrected chi connectivity index (χ2v) is 4.18. The van der Waals surface area contributed by atoms with Crippen LogP contribution in [-0.4, -0.2) is 56.5 Å². The molecule has 1 saturated heterocycles. The predicted molar refractivity (Wildman–Crippen MR) is 55.4 cm³/mol. The smallest absolute Gasteiger partial charge is 0.371 e. The summed E-state index contributed by atoms with van der Waals surface area (Å²) in [5.74, 6) is 0. The molecule has 1 heterocycles. The van der Waals surface area contributed by atoms with Gasteiger partial charge >= 0.3 is 6.18 Å². The molecule has 1 N–H and O–H groups in total. The minimum Gasteiger partial charge on any atom is -0.371 e. The van der Waals surface area contributed by atoms with E-state index in [9.17, 15) is 13.2 Å². The summed E-state index contributed by atoms with van der Waals surface area (Å²) in [4.78, 5) is 2.14. The van der Waals surface area contributed by atoms with Crippen molar-refractivity contribution in [2.45, 2.75) is 25.6 Å². The number of ether oxygens (including phenoxy) is 1. The first kappa shape index (κ1) is 13.7. The summed E-state index contributed by atoms with van der Waals surface area (Å²) in [5, 5.41) is 3.33. The summed E-state index contributed by atoms with van der Waals surface area (Å²) in [6.45, 7) is 4.42. The van der Waals surface area contributed by atoms with Crippen molar-refractivity contribution in [3.8, 4) is 0 Å². The molecule has 0 bridgehead atoms. The molecule has 16 heavy (non-hydrogen) atoms. The highest BCUT2D eigenvalue weighted by Gasteiger charge is 2.27. The van der Waals surface area contributed by atoms with Crippen molar-refractivity contribution < 1.29 is 17.9 Å². The van der Waals surface area contributed by atoms with E-state index in [1.165, 1.54) is 0 Å². The Morgan fingerprint density at radius 3 is 2.88 bits per heavy atom. The van der Waals surface area contributed by atoms with Gasteiger partial charge in [0.2, 0.25) is 0 Å². The van der Waals surface area contributed by atoms with Gasteiger partial charge in [0.15, 0.2) is 0 Å². The molecular formula is C10H19F3N2O. The fourth-order valence-corrected chi connectivity index (χ4v) is 1.78. The molecule has 1 fully saturated rings. The number of nitrogens with zero attached hydrogens (tertiary/aromatic N) is 1. The normalized spacial score (nSPS) is 24.4. The molecule has 1 unspecified atom stereocenters. The zero-order valence-electron chi connectivity index (χ0n) is 9.52. The molecule has 0 amide bonds. The molecule has 0 aromatic heterocycles. The average molecular weight is 240 g/mol. The van der Waals surface area contributed by atoms with Crippen LogP contribution in [0.15, 0.2) is 0 Å². The van der Waals surface area contributed by atoms with Crippen molar-refractivity contribution in [3.63, 3.8) is 0 Å². The Labute approximate surface area is 93.9 Å². The first-order valence-electron chi connectivity index (χ1n) is 5.57. The first-order chi connectivity index (χ1) is 7.47. The Bertz CT molecular complexity index is 199. The second kappa shape index (κ2) is 6.42. The fourth-order valence-electron chi connectivity index (χ4n) is 1.78. The molecule has 3 nitrogen and oxygen atoms in total. The van der Waals surface area contributed by atoms with E-state index in [4.69, 9.17) is 0 Å². The van der Waals surface area contributed by atoms with Gasteiger partial charge in [-0.3, -0.25) is 4.90 Å². The second-order valence-electron chi connectivity index (χ2n) is 4.18. The highest BCUT2D eigenvalue weighted by molar-refractivity contribution is 4.72. The molecule has 0 radical (unpaired) electrons. The lowest BCUT2D eigenvalue weighted by Gasteiger charge is -2.22. The number of halogens is 3. The summed E-state index contributed by atoms with van der Waals surface area (Å²) in [6.07, 6.45) is -3.18. The van der Waals surface area contributed by atoms with E-state index >= 15 is 0 Å². The Kier molecular flexibility index (Phi) is 5.51. The summed E-state index contributed by atoms with van der Waals surface area (Å²) in [7, 11) is 0. The molecule has 0 saturated carbocycles. The van der Waals surface area contributed by atoms with Gasteiger partial charge in [-0.2, -0.15) is 13.2 Å². The molecular weight excluding hydrogens is 221 g/mol. The number of nitrogens with one attached hydrogen (secondary N) is 1. The van der Waals surface area contributed by atoms with Crippen molar-refractivity contribution in [1.82, 2.24) is 10.2 Å². The Hall–Kier alpha value is -0.330. The van der Waals surface area contributed by atoms with Crippen LogP contribution >= 0.6 is 0 Å². The van der Waals surface area contributed by atoms with Gasteiger partial charge in [-0.25, -0.2) is 0 Å². The maximum atomic E-state index is 11.8. The summed E-state index contributed by atoms with van der Waals surface area (Å²) in [6, 6.07) is 0.394. The zero-order chi connectivity index (χ0) is 12.0. The lowest BCUT2D eigenvalue weighted by molar-refractivity contribution is -0.174. The van der Waals surface area contributed by atoms with Crippen LogP contribution in [0.4, 0.5) is 13.2 Å². The molecule has 0 spiro atoms. The Morgan fingerprint density at radius 1 is 1.44 bits per heavy atom. The number of rotatable bonds is 4. The summed E-state index contributed by atoms with van der Waals surface area (Å²) < 4.78 is 40.0. The van der Waals surface area contributed by atoms with E-state index in [1.807, 2.05) is 0 Å². The third-order valence-electron chi connectivity index (χ3n) is 2.49. The minimum absolute atomic E-state index is 0.145. The first-order valence-corrected chi connectivity index (χ1v) is 5.57. The van der Waals surface area contributed by atoms with Crippen LogP contribution in [0, 0.1) is 0 Å². The average Bonchev–Trinajstić information content (AvgIpc) is 2.36. The summed E-state index contributed by atoms with van der Waals surface area (Å²) in [5.41, 5.74) is 0. The Balaban J connectivity index is 2.11. The van der Waals surface area contributed by atoms with Gasteiger partial charge in [-0.15, -0.1) is 0 Å². The molecule has 6 heteroatoms. The standard InChI is InChI=1S/C10H19F3N2O/c1-9-7-15(4-2-3-14-9)5-6-16-8-10(11,12)13/h9,14H,2-8H2,1H3. The van der Waals surface area contributed by atoms with Crippen LogP contribution in [0.25, 0.3) is 0 Å². The molecule has 1 atom stereocenters. The molecule has 1 rings (SSSR count). The fraction of sp³-hybridized carbons (Fsp3) is 1.00. The minimum atomic E-state index is -4.21. The van der Waals surface area contributed by atoms with E-state index in [0.29, 0.717) is 12.6 Å². The number of hydrogen-bond acceptors (Lipinski definition) is 3. The van der Waals surface area contributed by atoms with E-state index in [-0.39, 0.29) is 6.61 Å². The summed E-state index contributed by atoms with van der Waals surface area (Å²) >= 11 is 0. The van der Waals surface area contributed by atoms with Crippen LogP contribution in [0.2, 0.25) is 0 Å². The van der Waals surface area contributed by atoms with Crippen LogP contribution < -0.4 is 5.32 Å². The van der Waals surface area contributed by atoms with Gasteiger partial charge in [-0.05, 0) is 26.4 Å². The van der Waals surface area contributed by atoms with Crippen molar-refractivity contribution in [2.75, 3.05) is 39.4 Å². The van der Waals surface area contributed by atoms with Crippen LogP contribution in [0.5, 0.6) is 0 Å². The van der Waals surface area contributed by atoms with E-state index in [1.54, 1.807) is 0 Å². The van der Waals surface area contributed by atoms with Crippen molar-refractivity contribution >= 4 is 0 Å². The largest absolute Gasteiger partial charge is 0.411 e. The van der Waals surface area contributed by atoms with E-state index in [0.717, 1.165) is 26.1 Å². The monoisotopic (exact) mass is 240 g/mol. The van der Waals surface area contributed by atoms with E-state index < -0.39 is 12.8 Å². The predicted octanol–water partition coefficient (Wildman–Crippen LogP) is 1.25. The van der Waals surface area contributed by atoms with Gasteiger partial charge in [0.25, 0.3) is 0 Å². The Morgan fingerprint density at radius 2 is 2.19 bits per heavy atom. The van der Waals surface area contributed by atoms with Crippen molar-refractivity contribution in [3.05, 3.63) is 0 Å². The SMILES string of the molecule is CC1CN(CCOCC(F)(F)F)CCCN1. The quantitative estimate of drug-likeness (QED) is 0.748. The van der Waals surface area contributed by atoms with Gasteiger partial charge in [0.05, 0.1) is 6.61 Å². The van der Waals surface area contributed by atoms with Crippen molar-refractivity contribution in [2.24, 2.45) is 0 Å². The van der Waals surface area contributed by atoms with Crippen LogP contribution in [-0.2, 0) is 4.74 Å². The molecule has 0 aromatic rings. The third kappa shape index (κ3) is 6.30. The highest BCUT2D eigenvalue weighted by Crippen LogP contribution is 2.14. The highest BCUT2D eigenvalue weighted by atomic mass is 19.4. The lowest BCUT2D eigenvalue weighted by atomic mass is 10.3. The number of alkyl halides is 3. The molecule has 96 valence electrons. The van der Waals surface area contributed by atoms with E-state index in [2.05, 4.69) is 21.9 Å². The van der Waals surface area contributed by atoms with Gasteiger partial charge in [-0.1, -0.05) is 0 Å². The van der Waals surface area contributed by atoms with Gasteiger partial charge < -0.3 is 10.1 Å². The molecule has 1 aliphatic heterocycles. The number of hydrogen-bond donors (Lipinski definition) is 1. The van der Waals surface area contributed by atoms with Crippen LogP contribution in [0.3, 0.4) is 0 Å². The van der Waals surface area contributed by atoms with Crippen LogP contribution in [0.1, 0.15) is 13.3 Å². The maximum absolute atomic E-state index is 11.8. The maximum Gasteiger partial charge on any atom is 0.411 e. The molecule has 0 aromatic carbocycles. The topological polar surface area (TPSA) is 24.5 Å². The molecule has 1 aliphatic rings. The molecule has 0 aliphatic carbocycles. The lowest BCUT2D eigenvalue weighted by Crippen LogP contribution is -2.37. The van der Waals surface area contributed by atoms with Gasteiger partial charge in [0, 0.05) is 19.1 Å². The van der Waals surface area contributed by atoms with Crippen molar-refractivity contribution in [1.29, 1.82) is 0 Å². The zero-order valence-corrected chi connectivity index (χ0v) is 9.52. The van der Waals surface area contributed by atoms with Gasteiger partial charge in [0.1, 0.15) is 6.61 Å².